The van der Waals surface area contributed by atoms with Gasteiger partial charge in [0, 0.05) is 5.69 Å². The van der Waals surface area contributed by atoms with Crippen LogP contribution < -0.4 is 4.72 Å². The molecule has 0 atom stereocenters. The van der Waals surface area contributed by atoms with Gasteiger partial charge in [0.05, 0.1) is 9.92 Å². The molecule has 2 aromatic rings. The highest BCUT2D eigenvalue weighted by Crippen LogP contribution is 2.21. The first-order valence-corrected chi connectivity index (χ1v) is 7.57. The molecule has 0 amide bonds. The van der Waals surface area contributed by atoms with E-state index in [1.54, 1.807) is 13.0 Å². The first-order valence-electron chi connectivity index (χ1n) is 5.71. The number of hydrogen-bond donors (Lipinski definition) is 1. The average molecular weight is 315 g/mol. The first-order chi connectivity index (χ1) is 9.28. The molecule has 0 aliphatic heterocycles. The van der Waals surface area contributed by atoms with Crippen molar-refractivity contribution in [2.24, 2.45) is 0 Å². The van der Waals surface area contributed by atoms with E-state index in [9.17, 15) is 12.8 Å². The third kappa shape index (κ3) is 3.26. The zero-order valence-electron chi connectivity index (χ0n) is 10.8. The maximum Gasteiger partial charge on any atom is 0.263 e. The van der Waals surface area contributed by atoms with Crippen molar-refractivity contribution in [2.45, 2.75) is 18.7 Å². The van der Waals surface area contributed by atoms with E-state index in [2.05, 4.69) is 9.71 Å². The highest BCUT2D eigenvalue weighted by molar-refractivity contribution is 7.92. The molecule has 0 aliphatic rings. The lowest BCUT2D eigenvalue weighted by molar-refractivity contribution is 0.599. The normalized spacial score (nSPS) is 11.4. The molecule has 1 N–H and O–H groups in total. The maximum atomic E-state index is 13.1. The summed E-state index contributed by atoms with van der Waals surface area (Å²) in [6, 6.07) is 6.64. The van der Waals surface area contributed by atoms with E-state index in [1.807, 2.05) is 13.0 Å². The maximum absolute atomic E-state index is 13.1. The van der Waals surface area contributed by atoms with Gasteiger partial charge in [0.2, 0.25) is 0 Å². The van der Waals surface area contributed by atoms with Crippen LogP contribution in [0.15, 0.2) is 35.2 Å². The molecule has 0 unspecified atom stereocenters. The van der Waals surface area contributed by atoms with Crippen LogP contribution in [0.1, 0.15) is 11.3 Å². The fourth-order valence-corrected chi connectivity index (χ4v) is 3.00. The summed E-state index contributed by atoms with van der Waals surface area (Å²) >= 11 is 5.59. The zero-order valence-corrected chi connectivity index (χ0v) is 12.4. The minimum atomic E-state index is -3.85. The van der Waals surface area contributed by atoms with Crippen molar-refractivity contribution in [3.8, 4) is 0 Å². The largest absolute Gasteiger partial charge is 0.263 e. The van der Waals surface area contributed by atoms with Gasteiger partial charge < -0.3 is 0 Å². The van der Waals surface area contributed by atoms with E-state index in [-0.39, 0.29) is 15.7 Å². The van der Waals surface area contributed by atoms with Crippen LogP contribution in [0, 0.1) is 19.7 Å². The summed E-state index contributed by atoms with van der Waals surface area (Å²) in [7, 11) is -3.85. The number of benzene rings is 1. The molecule has 4 nitrogen and oxygen atoms in total. The van der Waals surface area contributed by atoms with Crippen LogP contribution in [-0.4, -0.2) is 13.4 Å². The number of rotatable bonds is 3. The second kappa shape index (κ2) is 5.38. The topological polar surface area (TPSA) is 59.1 Å². The van der Waals surface area contributed by atoms with Gasteiger partial charge in [0.25, 0.3) is 10.0 Å². The highest BCUT2D eigenvalue weighted by Gasteiger charge is 2.16. The first kappa shape index (κ1) is 14.7. The average Bonchev–Trinajstić information content (AvgIpc) is 2.30. The molecular weight excluding hydrogens is 303 g/mol. The quantitative estimate of drug-likeness (QED) is 0.945. The Morgan fingerprint density at radius 3 is 2.50 bits per heavy atom. The Kier molecular flexibility index (Phi) is 3.96. The molecule has 0 aliphatic carbocycles. The van der Waals surface area contributed by atoms with E-state index in [1.165, 1.54) is 0 Å². The van der Waals surface area contributed by atoms with Crippen molar-refractivity contribution in [3.63, 3.8) is 0 Å². The molecule has 1 heterocycles. The second-order valence-electron chi connectivity index (χ2n) is 4.35. The van der Waals surface area contributed by atoms with E-state index < -0.39 is 15.8 Å². The molecule has 1 aromatic carbocycles. The number of aryl methyl sites for hydroxylation is 2. The summed E-state index contributed by atoms with van der Waals surface area (Å²) in [6.45, 7) is 3.60. The molecule has 0 spiro atoms. The molecule has 0 saturated carbocycles. The van der Waals surface area contributed by atoms with Crippen molar-refractivity contribution in [1.29, 1.82) is 0 Å². The van der Waals surface area contributed by atoms with Gasteiger partial charge in [-0.05, 0) is 49.7 Å². The van der Waals surface area contributed by atoms with Crippen LogP contribution >= 0.6 is 11.6 Å². The molecule has 0 saturated heterocycles. The van der Waals surface area contributed by atoms with Crippen LogP contribution in [0.2, 0.25) is 5.02 Å². The standard InChI is InChI=1S/C13H12ClFN2O2S/c1-8-5-9(2)16-13(6-8)17-20(18,19)10-3-4-12(15)11(14)7-10/h3-7H,1-2H3,(H,16,17). The number of nitrogens with one attached hydrogen (secondary N) is 1. The van der Waals surface area contributed by atoms with Crippen LogP contribution in [0.5, 0.6) is 0 Å². The molecule has 7 heteroatoms. The van der Waals surface area contributed by atoms with Gasteiger partial charge >= 0.3 is 0 Å². The minimum absolute atomic E-state index is 0.121. The summed E-state index contributed by atoms with van der Waals surface area (Å²) in [4.78, 5) is 3.97. The second-order valence-corrected chi connectivity index (χ2v) is 6.44. The van der Waals surface area contributed by atoms with Crippen LogP contribution in [0.3, 0.4) is 0 Å². The lowest BCUT2D eigenvalue weighted by atomic mass is 10.2. The van der Waals surface area contributed by atoms with Gasteiger partial charge in [-0.15, -0.1) is 0 Å². The summed E-state index contributed by atoms with van der Waals surface area (Å²) < 4.78 is 39.7. The molecule has 1 aromatic heterocycles. The van der Waals surface area contributed by atoms with Crippen molar-refractivity contribution >= 4 is 27.4 Å². The van der Waals surface area contributed by atoms with Crippen LogP contribution in [-0.2, 0) is 10.0 Å². The van der Waals surface area contributed by atoms with Gasteiger partial charge in [-0.25, -0.2) is 17.8 Å². The van der Waals surface area contributed by atoms with E-state index >= 15 is 0 Å². The monoisotopic (exact) mass is 314 g/mol. The zero-order chi connectivity index (χ0) is 14.9. The molecule has 0 radical (unpaired) electrons. The van der Waals surface area contributed by atoms with Gasteiger partial charge in [-0.2, -0.15) is 0 Å². The van der Waals surface area contributed by atoms with Gasteiger partial charge in [0.1, 0.15) is 11.6 Å². The Balaban J connectivity index is 2.37. The van der Waals surface area contributed by atoms with E-state index in [0.717, 1.165) is 23.8 Å². The molecule has 2 rings (SSSR count). The molecule has 20 heavy (non-hydrogen) atoms. The number of sulfonamides is 1. The van der Waals surface area contributed by atoms with Crippen molar-refractivity contribution in [1.82, 2.24) is 4.98 Å². The summed E-state index contributed by atoms with van der Waals surface area (Å²) in [6.07, 6.45) is 0. The minimum Gasteiger partial charge on any atom is -0.263 e. The summed E-state index contributed by atoms with van der Waals surface area (Å²) in [5, 5.41) is -0.249. The Morgan fingerprint density at radius 2 is 1.90 bits per heavy atom. The predicted molar refractivity (Wildman–Crippen MR) is 75.9 cm³/mol. The van der Waals surface area contributed by atoms with Crippen molar-refractivity contribution in [3.05, 3.63) is 52.4 Å². The number of anilines is 1. The Hall–Kier alpha value is -1.66. The lowest BCUT2D eigenvalue weighted by Gasteiger charge is -2.09. The molecule has 106 valence electrons. The predicted octanol–water partition coefficient (Wildman–Crippen LogP) is 3.29. The van der Waals surface area contributed by atoms with Gasteiger partial charge in [-0.1, -0.05) is 11.6 Å². The number of nitrogens with zero attached hydrogens (tertiary/aromatic N) is 1. The molecule has 0 fully saturated rings. The number of hydrogen-bond acceptors (Lipinski definition) is 3. The third-order valence-corrected chi connectivity index (χ3v) is 4.18. The van der Waals surface area contributed by atoms with E-state index in [0.29, 0.717) is 5.69 Å². The fourth-order valence-electron chi connectivity index (χ4n) is 1.73. The summed E-state index contributed by atoms with van der Waals surface area (Å²) in [5.74, 6) is -0.460. The molecular formula is C13H12ClFN2O2S. The van der Waals surface area contributed by atoms with E-state index in [4.69, 9.17) is 11.6 Å². The Morgan fingerprint density at radius 1 is 1.20 bits per heavy atom. The molecule has 0 bridgehead atoms. The van der Waals surface area contributed by atoms with Gasteiger partial charge in [0.15, 0.2) is 0 Å². The highest BCUT2D eigenvalue weighted by atomic mass is 35.5. The fraction of sp³-hybridized carbons (Fsp3) is 0.154. The van der Waals surface area contributed by atoms with Crippen LogP contribution in [0.4, 0.5) is 10.2 Å². The van der Waals surface area contributed by atoms with Crippen molar-refractivity contribution < 1.29 is 12.8 Å². The smallest absolute Gasteiger partial charge is 0.263 e. The third-order valence-electron chi connectivity index (χ3n) is 2.54. The lowest BCUT2D eigenvalue weighted by Crippen LogP contribution is -2.14. The number of aromatic nitrogens is 1. The number of halogens is 2. The number of pyridine rings is 1. The summed E-state index contributed by atoms with van der Waals surface area (Å²) in [5.41, 5.74) is 1.58. The SMILES string of the molecule is Cc1cc(C)nc(NS(=O)(=O)c2ccc(F)c(Cl)c2)c1. The Bertz CT molecular complexity index is 743. The Labute approximate surface area is 121 Å². The van der Waals surface area contributed by atoms with Crippen molar-refractivity contribution in [2.75, 3.05) is 4.72 Å². The van der Waals surface area contributed by atoms with Crippen LogP contribution in [0.25, 0.3) is 0 Å². The van der Waals surface area contributed by atoms with Gasteiger partial charge in [-0.3, -0.25) is 4.72 Å².